The predicted octanol–water partition coefficient (Wildman–Crippen LogP) is 4.55. The maximum absolute atomic E-state index is 13.2. The van der Waals surface area contributed by atoms with Crippen molar-refractivity contribution in [3.63, 3.8) is 0 Å². The summed E-state index contributed by atoms with van der Waals surface area (Å²) in [6.07, 6.45) is 2.40. The first-order valence-electron chi connectivity index (χ1n) is 11.0. The van der Waals surface area contributed by atoms with Gasteiger partial charge in [-0.25, -0.2) is 9.67 Å². The van der Waals surface area contributed by atoms with Gasteiger partial charge in [-0.3, -0.25) is 9.59 Å². The van der Waals surface area contributed by atoms with Crippen molar-refractivity contribution >= 4 is 28.5 Å². The molecule has 4 aromatic rings. The summed E-state index contributed by atoms with van der Waals surface area (Å²) in [4.78, 5) is 30.6. The fraction of sp³-hybridized carbons (Fsp3) is 0.231. The van der Waals surface area contributed by atoms with Crippen molar-refractivity contribution in [3.8, 4) is 0 Å². The zero-order valence-electron chi connectivity index (χ0n) is 19.0. The van der Waals surface area contributed by atoms with Crippen LogP contribution in [0.3, 0.4) is 0 Å². The van der Waals surface area contributed by atoms with E-state index in [0.29, 0.717) is 34.4 Å². The van der Waals surface area contributed by atoms with Gasteiger partial charge >= 0.3 is 0 Å². The Labute approximate surface area is 192 Å². The number of benzene rings is 2. The maximum Gasteiger partial charge on any atom is 0.256 e. The molecule has 2 aromatic carbocycles. The van der Waals surface area contributed by atoms with Crippen LogP contribution in [0.1, 0.15) is 51.9 Å². The van der Waals surface area contributed by atoms with Gasteiger partial charge in [-0.1, -0.05) is 42.5 Å². The van der Waals surface area contributed by atoms with Gasteiger partial charge in [-0.15, -0.1) is 0 Å². The Hall–Kier alpha value is -4.00. The van der Waals surface area contributed by atoms with Crippen molar-refractivity contribution in [2.45, 2.75) is 33.2 Å². The molecule has 0 radical (unpaired) electrons. The highest BCUT2D eigenvalue weighted by Crippen LogP contribution is 2.23. The van der Waals surface area contributed by atoms with E-state index < -0.39 is 0 Å². The summed E-state index contributed by atoms with van der Waals surface area (Å²) in [6, 6.07) is 18.8. The second-order valence-electron chi connectivity index (χ2n) is 8.22. The van der Waals surface area contributed by atoms with Crippen molar-refractivity contribution < 1.29 is 9.59 Å². The molecule has 0 unspecified atom stereocenters. The van der Waals surface area contributed by atoms with Crippen LogP contribution in [0.2, 0.25) is 0 Å². The van der Waals surface area contributed by atoms with E-state index in [2.05, 4.69) is 20.7 Å². The van der Waals surface area contributed by atoms with Crippen molar-refractivity contribution in [1.82, 2.24) is 20.1 Å². The van der Waals surface area contributed by atoms with E-state index in [4.69, 9.17) is 0 Å². The summed E-state index contributed by atoms with van der Waals surface area (Å²) in [5.74, 6) is -0.538. The summed E-state index contributed by atoms with van der Waals surface area (Å²) in [5.41, 5.74) is 3.89. The second kappa shape index (κ2) is 9.65. The molecule has 0 saturated carbocycles. The molecule has 4 rings (SSSR count). The van der Waals surface area contributed by atoms with E-state index in [0.717, 1.165) is 17.7 Å². The first-order valence-corrected chi connectivity index (χ1v) is 11.0. The molecule has 7 nitrogen and oxygen atoms in total. The second-order valence-corrected chi connectivity index (χ2v) is 8.22. The van der Waals surface area contributed by atoms with Crippen molar-refractivity contribution in [2.24, 2.45) is 0 Å². The van der Waals surface area contributed by atoms with E-state index >= 15 is 0 Å². The highest BCUT2D eigenvalue weighted by Gasteiger charge is 2.19. The van der Waals surface area contributed by atoms with E-state index in [1.165, 1.54) is 0 Å². The summed E-state index contributed by atoms with van der Waals surface area (Å²) in [6.45, 7) is 6.39. The molecule has 2 heterocycles. The van der Waals surface area contributed by atoms with Crippen LogP contribution in [-0.4, -0.2) is 33.1 Å². The average Bonchev–Trinajstić information content (AvgIpc) is 3.23. The number of anilines is 1. The van der Waals surface area contributed by atoms with Crippen molar-refractivity contribution in [3.05, 3.63) is 89.2 Å². The van der Waals surface area contributed by atoms with Gasteiger partial charge in [0.25, 0.3) is 11.8 Å². The number of amides is 2. The lowest BCUT2D eigenvalue weighted by Gasteiger charge is -2.13. The number of aromatic nitrogens is 3. The lowest BCUT2D eigenvalue weighted by Crippen LogP contribution is -2.27. The minimum Gasteiger partial charge on any atom is -0.352 e. The largest absolute Gasteiger partial charge is 0.352 e. The van der Waals surface area contributed by atoms with Crippen LogP contribution in [0.25, 0.3) is 11.0 Å². The van der Waals surface area contributed by atoms with E-state index in [9.17, 15) is 9.59 Å². The molecule has 0 saturated heterocycles. The quantitative estimate of drug-likeness (QED) is 0.440. The molecule has 7 heteroatoms. The number of rotatable bonds is 7. The minimum absolute atomic E-state index is 0.119. The smallest absolute Gasteiger partial charge is 0.256 e. The first-order chi connectivity index (χ1) is 15.9. The molecule has 0 aliphatic heterocycles. The van der Waals surface area contributed by atoms with Crippen LogP contribution >= 0.6 is 0 Å². The van der Waals surface area contributed by atoms with Crippen LogP contribution in [0.5, 0.6) is 0 Å². The number of fused-ring (bicyclic) bond motifs is 1. The molecule has 0 aliphatic carbocycles. The number of nitrogens with zero attached hydrogens (tertiary/aromatic N) is 3. The van der Waals surface area contributed by atoms with Gasteiger partial charge in [0.2, 0.25) is 0 Å². The molecule has 0 atom stereocenters. The summed E-state index contributed by atoms with van der Waals surface area (Å²) in [7, 11) is 0. The molecule has 2 amide bonds. The maximum atomic E-state index is 13.2. The topological polar surface area (TPSA) is 88.9 Å². The van der Waals surface area contributed by atoms with Gasteiger partial charge < -0.3 is 10.6 Å². The Balaban J connectivity index is 1.53. The number of pyridine rings is 1. The van der Waals surface area contributed by atoms with E-state index in [1.807, 2.05) is 51.1 Å². The van der Waals surface area contributed by atoms with Crippen molar-refractivity contribution in [1.29, 1.82) is 0 Å². The van der Waals surface area contributed by atoms with Gasteiger partial charge in [-0.05, 0) is 51.0 Å². The monoisotopic (exact) mass is 441 g/mol. The highest BCUT2D eigenvalue weighted by molar-refractivity contribution is 6.14. The van der Waals surface area contributed by atoms with Gasteiger partial charge in [-0.2, -0.15) is 5.10 Å². The summed E-state index contributed by atoms with van der Waals surface area (Å²) in [5, 5.41) is 10.9. The molecule has 33 heavy (non-hydrogen) atoms. The first kappa shape index (κ1) is 22.2. The number of carbonyl (C=O) groups is 2. The molecule has 0 spiro atoms. The SMILES string of the molecule is Cc1cc(C(=O)Nc2ccccc2C(=O)NCCc2ccccc2)c2cnn(C(C)C)c2n1. The predicted molar refractivity (Wildman–Crippen MR) is 130 cm³/mol. The Morgan fingerprint density at radius 1 is 0.970 bits per heavy atom. The van der Waals surface area contributed by atoms with Gasteiger partial charge in [0.15, 0.2) is 5.65 Å². The normalized spacial score (nSPS) is 11.0. The average molecular weight is 442 g/mol. The van der Waals surface area contributed by atoms with Crippen LogP contribution in [0, 0.1) is 6.92 Å². The Morgan fingerprint density at radius 3 is 2.45 bits per heavy atom. The van der Waals surface area contributed by atoms with Crippen LogP contribution in [-0.2, 0) is 6.42 Å². The number of nitrogens with one attached hydrogen (secondary N) is 2. The number of hydrogen-bond donors (Lipinski definition) is 2. The molecular formula is C26H27N5O2. The number of carbonyl (C=O) groups excluding carboxylic acids is 2. The molecule has 2 N–H and O–H groups in total. The molecular weight excluding hydrogens is 414 g/mol. The van der Waals surface area contributed by atoms with Crippen LogP contribution in [0.15, 0.2) is 66.9 Å². The Morgan fingerprint density at radius 2 is 1.70 bits per heavy atom. The number of para-hydroxylation sites is 1. The standard InChI is InChI=1S/C26H27N5O2/c1-17(2)31-24-22(16-28-31)21(15-18(3)29-24)26(33)30-23-12-8-7-11-20(23)25(32)27-14-13-19-9-5-4-6-10-19/h4-12,15-17H,13-14H2,1-3H3,(H,27,32)(H,30,33). The van der Waals surface area contributed by atoms with Gasteiger partial charge in [0.1, 0.15) is 0 Å². The third-order valence-electron chi connectivity index (χ3n) is 5.39. The number of hydrogen-bond acceptors (Lipinski definition) is 4. The van der Waals surface area contributed by atoms with Crippen LogP contribution < -0.4 is 10.6 Å². The zero-order chi connectivity index (χ0) is 23.4. The molecule has 0 aliphatic rings. The molecule has 0 fully saturated rings. The highest BCUT2D eigenvalue weighted by atomic mass is 16.2. The number of aryl methyl sites for hydroxylation is 1. The third-order valence-corrected chi connectivity index (χ3v) is 5.39. The van der Waals surface area contributed by atoms with E-state index in [-0.39, 0.29) is 17.9 Å². The fourth-order valence-electron chi connectivity index (χ4n) is 3.75. The lowest BCUT2D eigenvalue weighted by atomic mass is 10.1. The molecule has 2 aromatic heterocycles. The molecule has 168 valence electrons. The van der Waals surface area contributed by atoms with E-state index in [1.54, 1.807) is 41.2 Å². The van der Waals surface area contributed by atoms with Crippen molar-refractivity contribution in [2.75, 3.05) is 11.9 Å². The minimum atomic E-state index is -0.307. The zero-order valence-corrected chi connectivity index (χ0v) is 19.0. The lowest BCUT2D eigenvalue weighted by molar-refractivity contribution is 0.0955. The third kappa shape index (κ3) is 4.92. The molecule has 0 bridgehead atoms. The Bertz CT molecular complexity index is 1290. The fourth-order valence-corrected chi connectivity index (χ4v) is 3.75. The summed E-state index contributed by atoms with van der Waals surface area (Å²) >= 11 is 0. The van der Waals surface area contributed by atoms with Gasteiger partial charge in [0, 0.05) is 18.3 Å². The summed E-state index contributed by atoms with van der Waals surface area (Å²) < 4.78 is 1.80. The Kier molecular flexibility index (Phi) is 6.49. The van der Waals surface area contributed by atoms with Gasteiger partial charge in [0.05, 0.1) is 28.4 Å². The van der Waals surface area contributed by atoms with Crippen LogP contribution in [0.4, 0.5) is 5.69 Å².